The summed E-state index contributed by atoms with van der Waals surface area (Å²) in [6.45, 7) is 1.86. The van der Waals surface area contributed by atoms with E-state index in [4.69, 9.17) is 27.9 Å². The van der Waals surface area contributed by atoms with Crippen LogP contribution in [0.3, 0.4) is 0 Å². The van der Waals surface area contributed by atoms with E-state index >= 15 is 0 Å². The first-order valence-electron chi connectivity index (χ1n) is 8.32. The largest absolute Gasteiger partial charge is 0.490 e. The van der Waals surface area contributed by atoms with Crippen LogP contribution in [0.1, 0.15) is 12.8 Å². The van der Waals surface area contributed by atoms with Crippen molar-refractivity contribution in [3.63, 3.8) is 0 Å². The Hall–Kier alpha value is -1.97. The molecule has 1 aliphatic heterocycles. The second kappa shape index (κ2) is 7.11. The summed E-state index contributed by atoms with van der Waals surface area (Å²) >= 11 is 12.1. The molecule has 3 aromatic rings. The molecule has 3 nitrogen and oxygen atoms in total. The Morgan fingerprint density at radius 1 is 1.04 bits per heavy atom. The summed E-state index contributed by atoms with van der Waals surface area (Å²) in [6.07, 6.45) is 5.07. The Kier molecular flexibility index (Phi) is 4.69. The third-order valence-electron chi connectivity index (χ3n) is 4.49. The molecule has 0 aliphatic carbocycles. The molecule has 1 aromatic heterocycles. The van der Waals surface area contributed by atoms with Gasteiger partial charge < -0.3 is 9.64 Å². The van der Waals surface area contributed by atoms with Gasteiger partial charge in [0.05, 0.1) is 11.7 Å². The highest BCUT2D eigenvalue weighted by atomic mass is 35.5. The first-order chi connectivity index (χ1) is 12.2. The molecule has 1 aliphatic rings. The molecule has 0 saturated carbocycles. The summed E-state index contributed by atoms with van der Waals surface area (Å²) in [6, 6.07) is 15.5. The monoisotopic (exact) mass is 371 g/mol. The Balaban J connectivity index is 1.46. The minimum atomic E-state index is 0.169. The number of halogens is 2. The zero-order chi connectivity index (χ0) is 17.2. The van der Waals surface area contributed by atoms with E-state index in [2.05, 4.69) is 22.1 Å². The third kappa shape index (κ3) is 3.68. The SMILES string of the molecule is Clc1cc(Cl)cc(OC2CCN(c3c[c]nc4ccccc34)CC2)c1. The van der Waals surface area contributed by atoms with E-state index in [-0.39, 0.29) is 6.10 Å². The van der Waals surface area contributed by atoms with Gasteiger partial charge in [0.15, 0.2) is 0 Å². The summed E-state index contributed by atoms with van der Waals surface area (Å²) < 4.78 is 6.07. The molecule has 2 heterocycles. The smallest absolute Gasteiger partial charge is 0.122 e. The van der Waals surface area contributed by atoms with Crippen LogP contribution in [0.4, 0.5) is 5.69 Å². The highest BCUT2D eigenvalue weighted by molar-refractivity contribution is 6.34. The summed E-state index contributed by atoms with van der Waals surface area (Å²) in [5.41, 5.74) is 2.17. The Morgan fingerprint density at radius 3 is 2.52 bits per heavy atom. The van der Waals surface area contributed by atoms with E-state index in [9.17, 15) is 0 Å². The average molecular weight is 372 g/mol. The Labute approximate surface area is 157 Å². The van der Waals surface area contributed by atoms with Crippen molar-refractivity contribution in [2.75, 3.05) is 18.0 Å². The lowest BCUT2D eigenvalue weighted by Gasteiger charge is -2.34. The molecule has 0 amide bonds. The van der Waals surface area contributed by atoms with Crippen molar-refractivity contribution >= 4 is 39.8 Å². The van der Waals surface area contributed by atoms with Crippen molar-refractivity contribution in [1.29, 1.82) is 0 Å². The molecule has 1 fully saturated rings. The van der Waals surface area contributed by atoms with Gasteiger partial charge in [-0.05, 0) is 30.3 Å². The number of rotatable bonds is 3. The number of fused-ring (bicyclic) bond motifs is 1. The summed E-state index contributed by atoms with van der Waals surface area (Å²) in [4.78, 5) is 6.70. The van der Waals surface area contributed by atoms with E-state index in [1.807, 2.05) is 36.4 Å². The fourth-order valence-electron chi connectivity index (χ4n) is 3.29. The van der Waals surface area contributed by atoms with Gasteiger partial charge in [-0.1, -0.05) is 41.4 Å². The van der Waals surface area contributed by atoms with Crippen LogP contribution in [-0.2, 0) is 0 Å². The van der Waals surface area contributed by atoms with Crippen LogP contribution >= 0.6 is 23.2 Å². The van der Waals surface area contributed by atoms with Crippen LogP contribution in [0, 0.1) is 6.20 Å². The van der Waals surface area contributed by atoms with Crippen LogP contribution in [-0.4, -0.2) is 24.2 Å². The number of ether oxygens (including phenoxy) is 1. The van der Waals surface area contributed by atoms with Crippen LogP contribution in [0.15, 0.2) is 48.5 Å². The van der Waals surface area contributed by atoms with E-state index in [1.165, 1.54) is 11.1 Å². The molecule has 0 N–H and O–H groups in total. The number of anilines is 1. The zero-order valence-electron chi connectivity index (χ0n) is 13.6. The zero-order valence-corrected chi connectivity index (χ0v) is 15.1. The molecule has 0 bridgehead atoms. The van der Waals surface area contributed by atoms with E-state index in [0.717, 1.165) is 37.2 Å². The van der Waals surface area contributed by atoms with Gasteiger partial charge in [-0.25, -0.2) is 4.98 Å². The minimum absolute atomic E-state index is 0.169. The van der Waals surface area contributed by atoms with Crippen LogP contribution in [0.2, 0.25) is 10.0 Å². The number of hydrogen-bond acceptors (Lipinski definition) is 3. The van der Waals surface area contributed by atoms with Crippen molar-refractivity contribution in [1.82, 2.24) is 4.98 Å². The number of aromatic nitrogens is 1. The molecule has 1 radical (unpaired) electrons. The normalized spacial score (nSPS) is 15.5. The number of hydrogen-bond donors (Lipinski definition) is 0. The third-order valence-corrected chi connectivity index (χ3v) is 4.92. The fraction of sp³-hybridized carbons (Fsp3) is 0.250. The van der Waals surface area contributed by atoms with E-state index in [1.54, 1.807) is 6.07 Å². The Bertz CT molecular complexity index is 866. The highest BCUT2D eigenvalue weighted by Gasteiger charge is 2.22. The van der Waals surface area contributed by atoms with E-state index in [0.29, 0.717) is 10.0 Å². The molecule has 127 valence electrons. The van der Waals surface area contributed by atoms with Gasteiger partial charge in [-0.3, -0.25) is 0 Å². The summed E-state index contributed by atoms with van der Waals surface area (Å²) in [5, 5.41) is 2.36. The lowest BCUT2D eigenvalue weighted by Crippen LogP contribution is -2.38. The van der Waals surface area contributed by atoms with Crippen LogP contribution < -0.4 is 9.64 Å². The molecule has 0 unspecified atom stereocenters. The lowest BCUT2D eigenvalue weighted by molar-refractivity contribution is 0.171. The maximum atomic E-state index is 6.07. The fourth-order valence-corrected chi connectivity index (χ4v) is 3.80. The molecule has 5 heteroatoms. The van der Waals surface area contributed by atoms with Crippen LogP contribution in [0.25, 0.3) is 10.9 Å². The van der Waals surface area contributed by atoms with Gasteiger partial charge in [0.25, 0.3) is 0 Å². The molecular formula is C20H17Cl2N2O. The number of benzene rings is 2. The molecule has 2 aromatic carbocycles. The number of nitrogens with zero attached hydrogens (tertiary/aromatic N) is 2. The number of para-hydroxylation sites is 1. The predicted octanol–water partition coefficient (Wildman–Crippen LogP) is 5.39. The molecule has 0 spiro atoms. The topological polar surface area (TPSA) is 25.4 Å². The second-order valence-electron chi connectivity index (χ2n) is 6.20. The maximum Gasteiger partial charge on any atom is 0.122 e. The van der Waals surface area contributed by atoms with Gasteiger partial charge in [-0.2, -0.15) is 0 Å². The number of piperidine rings is 1. The van der Waals surface area contributed by atoms with Crippen molar-refractivity contribution in [3.8, 4) is 5.75 Å². The molecular weight excluding hydrogens is 355 g/mol. The summed E-state index contributed by atoms with van der Waals surface area (Å²) in [5.74, 6) is 0.735. The average Bonchev–Trinajstić information content (AvgIpc) is 2.61. The first kappa shape index (κ1) is 16.5. The first-order valence-corrected chi connectivity index (χ1v) is 9.08. The van der Waals surface area contributed by atoms with Crippen molar-refractivity contribution in [3.05, 3.63) is 64.8 Å². The minimum Gasteiger partial charge on any atom is -0.490 e. The van der Waals surface area contributed by atoms with Gasteiger partial charge in [0.2, 0.25) is 0 Å². The molecule has 4 rings (SSSR count). The highest BCUT2D eigenvalue weighted by Crippen LogP contribution is 2.30. The summed E-state index contributed by atoms with van der Waals surface area (Å²) in [7, 11) is 0. The van der Waals surface area contributed by atoms with Gasteiger partial charge in [0, 0.05) is 47.1 Å². The van der Waals surface area contributed by atoms with Crippen molar-refractivity contribution < 1.29 is 4.74 Å². The molecule has 25 heavy (non-hydrogen) atoms. The van der Waals surface area contributed by atoms with Gasteiger partial charge in [-0.15, -0.1) is 0 Å². The maximum absolute atomic E-state index is 6.07. The van der Waals surface area contributed by atoms with Crippen LogP contribution in [0.5, 0.6) is 5.75 Å². The second-order valence-corrected chi connectivity index (χ2v) is 7.07. The van der Waals surface area contributed by atoms with Crippen molar-refractivity contribution in [2.45, 2.75) is 18.9 Å². The van der Waals surface area contributed by atoms with E-state index < -0.39 is 0 Å². The molecule has 1 saturated heterocycles. The molecule has 0 atom stereocenters. The quantitative estimate of drug-likeness (QED) is 0.616. The van der Waals surface area contributed by atoms with Gasteiger partial charge >= 0.3 is 0 Å². The van der Waals surface area contributed by atoms with Crippen molar-refractivity contribution in [2.24, 2.45) is 0 Å². The number of pyridine rings is 1. The lowest BCUT2D eigenvalue weighted by atomic mass is 10.1. The Morgan fingerprint density at radius 2 is 1.76 bits per heavy atom. The standard InChI is InChI=1S/C20H17Cl2N2O/c21-14-11-15(22)13-17(12-14)25-16-6-9-24(10-7-16)20-5-8-23-19-4-2-1-3-18(19)20/h1-5,11-13,16H,6-7,9-10H2. The predicted molar refractivity (Wildman–Crippen MR) is 103 cm³/mol. The van der Waals surface area contributed by atoms with Gasteiger partial charge in [0.1, 0.15) is 11.9 Å².